The van der Waals surface area contributed by atoms with Gasteiger partial charge in [-0.05, 0) is 43.2 Å². The van der Waals surface area contributed by atoms with Crippen LogP contribution in [-0.2, 0) is 13.2 Å². The number of nitrogens with zero attached hydrogens (tertiary/aromatic N) is 5. The lowest BCUT2D eigenvalue weighted by Gasteiger charge is -2.31. The van der Waals surface area contributed by atoms with Gasteiger partial charge in [0, 0.05) is 35.9 Å². The van der Waals surface area contributed by atoms with Crippen LogP contribution in [0, 0.1) is 11.3 Å². The molecule has 5 rings (SSSR count). The highest BCUT2D eigenvalue weighted by atomic mass is 35.5. The van der Waals surface area contributed by atoms with Gasteiger partial charge in [-0.3, -0.25) is 9.58 Å². The summed E-state index contributed by atoms with van der Waals surface area (Å²) < 4.78 is 7.77. The number of ether oxygens (including phenoxy) is 1. The number of piperidine rings is 1. The predicted molar refractivity (Wildman–Crippen MR) is 129 cm³/mol. The van der Waals surface area contributed by atoms with Gasteiger partial charge >= 0.3 is 5.97 Å². The monoisotopic (exact) mass is 490 g/mol. The van der Waals surface area contributed by atoms with Gasteiger partial charge in [0.15, 0.2) is 0 Å². The Morgan fingerprint density at radius 3 is 2.83 bits per heavy atom. The Kier molecular flexibility index (Phi) is 6.40. The minimum absolute atomic E-state index is 0.245. The number of nitriles is 1. The van der Waals surface area contributed by atoms with Gasteiger partial charge in [0.1, 0.15) is 12.4 Å². The molecule has 4 aromatic rings. The number of carbonyl (C=O) groups is 1. The number of rotatable bonds is 7. The lowest BCUT2D eigenvalue weighted by molar-refractivity contribution is 0.0697. The lowest BCUT2D eigenvalue weighted by atomic mass is 10.1. The Morgan fingerprint density at radius 2 is 2.06 bits per heavy atom. The zero-order valence-corrected chi connectivity index (χ0v) is 19.6. The average Bonchev–Trinajstić information content (AvgIpc) is 3.49. The standard InChI is InChI=1S/C25H23ClN6O3/c26-19-3-1-17(18(11-19)13-27)15-35-24-7-10-32(30-24)20-5-8-31(9-6-20)14-23-28-21-4-2-16(25(33)34)12-22(21)29-23/h1-4,7,10-12,20H,5-6,8-9,14-15H2,(H,28,29)(H,33,34). The summed E-state index contributed by atoms with van der Waals surface area (Å²) in [6.45, 7) is 2.73. The van der Waals surface area contributed by atoms with Gasteiger partial charge in [-0.25, -0.2) is 9.78 Å². The molecule has 1 fully saturated rings. The fourth-order valence-corrected chi connectivity index (χ4v) is 4.53. The molecule has 2 aromatic carbocycles. The molecule has 2 N–H and O–H groups in total. The number of benzene rings is 2. The van der Waals surface area contributed by atoms with Gasteiger partial charge in [-0.15, -0.1) is 5.10 Å². The number of carboxylic acids is 1. The van der Waals surface area contributed by atoms with E-state index >= 15 is 0 Å². The van der Waals surface area contributed by atoms with Crippen molar-refractivity contribution in [2.45, 2.75) is 32.0 Å². The van der Waals surface area contributed by atoms with Crippen molar-refractivity contribution in [1.29, 1.82) is 5.26 Å². The van der Waals surface area contributed by atoms with E-state index in [0.29, 0.717) is 23.0 Å². The van der Waals surface area contributed by atoms with Crippen molar-refractivity contribution >= 4 is 28.6 Å². The van der Waals surface area contributed by atoms with Crippen molar-refractivity contribution in [3.63, 3.8) is 0 Å². The number of hydrogen-bond acceptors (Lipinski definition) is 6. The van der Waals surface area contributed by atoms with Crippen LogP contribution >= 0.6 is 11.6 Å². The molecule has 9 nitrogen and oxygen atoms in total. The molecule has 0 saturated carbocycles. The van der Waals surface area contributed by atoms with E-state index < -0.39 is 5.97 Å². The molecule has 1 aliphatic heterocycles. The van der Waals surface area contributed by atoms with Crippen molar-refractivity contribution < 1.29 is 14.6 Å². The molecule has 1 saturated heterocycles. The summed E-state index contributed by atoms with van der Waals surface area (Å²) in [6.07, 6.45) is 3.82. The number of hydrogen-bond donors (Lipinski definition) is 2. The second-order valence-electron chi connectivity index (χ2n) is 8.56. The van der Waals surface area contributed by atoms with Crippen molar-refractivity contribution in [2.24, 2.45) is 0 Å². The van der Waals surface area contributed by atoms with Crippen molar-refractivity contribution in [3.8, 4) is 11.9 Å². The molecule has 0 aliphatic carbocycles. The highest BCUT2D eigenvalue weighted by molar-refractivity contribution is 6.30. The van der Waals surface area contributed by atoms with Gasteiger partial charge in [0.2, 0.25) is 5.88 Å². The number of aromatic carboxylic acids is 1. The maximum atomic E-state index is 11.2. The number of halogens is 1. The molecule has 2 aromatic heterocycles. The highest BCUT2D eigenvalue weighted by Gasteiger charge is 2.22. The minimum Gasteiger partial charge on any atom is -0.478 e. The van der Waals surface area contributed by atoms with Crippen LogP contribution < -0.4 is 4.74 Å². The first-order valence-electron chi connectivity index (χ1n) is 11.3. The summed E-state index contributed by atoms with van der Waals surface area (Å²) in [5.74, 6) is 0.401. The van der Waals surface area contributed by atoms with Crippen LogP contribution in [0.15, 0.2) is 48.7 Å². The maximum Gasteiger partial charge on any atom is 0.335 e. The van der Waals surface area contributed by atoms with Gasteiger partial charge < -0.3 is 14.8 Å². The minimum atomic E-state index is -0.950. The van der Waals surface area contributed by atoms with E-state index in [0.717, 1.165) is 48.4 Å². The Morgan fingerprint density at radius 1 is 1.23 bits per heavy atom. The second kappa shape index (κ2) is 9.78. The second-order valence-corrected chi connectivity index (χ2v) is 9.00. The number of nitrogens with one attached hydrogen (secondary N) is 1. The summed E-state index contributed by atoms with van der Waals surface area (Å²) in [4.78, 5) is 21.4. The van der Waals surface area contributed by atoms with Crippen molar-refractivity contribution in [3.05, 3.63) is 76.2 Å². The first kappa shape index (κ1) is 22.9. The SMILES string of the molecule is N#Cc1cc(Cl)ccc1COc1ccn(C2CCN(Cc3nc4ccc(C(=O)O)cc4[nH]3)CC2)n1. The molecular weight excluding hydrogens is 468 g/mol. The van der Waals surface area contributed by atoms with E-state index in [4.69, 9.17) is 16.3 Å². The molecule has 0 bridgehead atoms. The van der Waals surface area contributed by atoms with Crippen molar-refractivity contribution in [2.75, 3.05) is 13.1 Å². The number of aromatic amines is 1. The molecule has 178 valence electrons. The van der Waals surface area contributed by atoms with Gasteiger partial charge in [0.25, 0.3) is 0 Å². The number of likely N-dealkylation sites (tertiary alicyclic amines) is 1. The van der Waals surface area contributed by atoms with Gasteiger partial charge in [0.05, 0.1) is 40.8 Å². The number of fused-ring (bicyclic) bond motifs is 1. The average molecular weight is 491 g/mol. The zero-order valence-electron chi connectivity index (χ0n) is 18.8. The zero-order chi connectivity index (χ0) is 24.4. The molecule has 0 amide bonds. The van der Waals surface area contributed by atoms with Gasteiger partial charge in [-0.2, -0.15) is 5.26 Å². The normalized spacial score (nSPS) is 14.7. The van der Waals surface area contributed by atoms with Crippen LogP contribution in [0.1, 0.15) is 46.2 Å². The van der Waals surface area contributed by atoms with Crippen LogP contribution in [0.2, 0.25) is 5.02 Å². The van der Waals surface area contributed by atoms with E-state index in [1.807, 2.05) is 16.9 Å². The summed E-state index contributed by atoms with van der Waals surface area (Å²) in [7, 11) is 0. The van der Waals surface area contributed by atoms with E-state index in [1.165, 1.54) is 0 Å². The van der Waals surface area contributed by atoms with E-state index in [1.54, 1.807) is 36.4 Å². The first-order chi connectivity index (χ1) is 17.0. The quantitative estimate of drug-likeness (QED) is 0.394. The van der Waals surface area contributed by atoms with Crippen LogP contribution in [0.5, 0.6) is 5.88 Å². The number of H-pyrrole nitrogens is 1. The van der Waals surface area contributed by atoms with Gasteiger partial charge in [-0.1, -0.05) is 17.7 Å². The summed E-state index contributed by atoms with van der Waals surface area (Å²) in [5.41, 5.74) is 3.01. The molecule has 0 atom stereocenters. The third-order valence-electron chi connectivity index (χ3n) is 6.23. The third-order valence-corrected chi connectivity index (χ3v) is 6.47. The molecule has 35 heavy (non-hydrogen) atoms. The van der Waals surface area contributed by atoms with Crippen LogP contribution in [0.3, 0.4) is 0 Å². The smallest absolute Gasteiger partial charge is 0.335 e. The van der Waals surface area contributed by atoms with Crippen LogP contribution in [0.4, 0.5) is 0 Å². The lowest BCUT2D eigenvalue weighted by Crippen LogP contribution is -2.34. The Bertz CT molecular complexity index is 1410. The molecule has 0 radical (unpaired) electrons. The summed E-state index contributed by atoms with van der Waals surface area (Å²) in [6, 6.07) is 14.3. The largest absolute Gasteiger partial charge is 0.478 e. The molecule has 0 spiro atoms. The molecular formula is C25H23ClN6O3. The number of imidazole rings is 1. The topological polar surface area (TPSA) is 120 Å². The predicted octanol–water partition coefficient (Wildman–Crippen LogP) is 4.40. The fraction of sp³-hybridized carbons (Fsp3) is 0.280. The highest BCUT2D eigenvalue weighted by Crippen LogP contribution is 2.25. The molecule has 3 heterocycles. The summed E-state index contributed by atoms with van der Waals surface area (Å²) >= 11 is 5.96. The maximum absolute atomic E-state index is 11.2. The Hall–Kier alpha value is -3.87. The third kappa shape index (κ3) is 5.14. The number of carboxylic acid groups (broad SMARTS) is 1. The van der Waals surface area contributed by atoms with Crippen LogP contribution in [0.25, 0.3) is 11.0 Å². The van der Waals surface area contributed by atoms with Crippen LogP contribution in [-0.4, -0.2) is 48.8 Å². The van der Waals surface area contributed by atoms with E-state index in [2.05, 4.69) is 26.0 Å². The fourth-order valence-electron chi connectivity index (χ4n) is 4.36. The molecule has 0 unspecified atom stereocenters. The van der Waals surface area contributed by atoms with E-state index in [-0.39, 0.29) is 18.2 Å². The Labute approximate surface area is 206 Å². The summed E-state index contributed by atoms with van der Waals surface area (Å²) in [5, 5.41) is 23.6. The molecule has 10 heteroatoms. The Balaban J connectivity index is 1.15. The van der Waals surface area contributed by atoms with E-state index in [9.17, 15) is 15.2 Å². The number of aromatic nitrogens is 4. The first-order valence-corrected chi connectivity index (χ1v) is 11.7. The molecule has 1 aliphatic rings. The van der Waals surface area contributed by atoms with Crippen molar-refractivity contribution in [1.82, 2.24) is 24.6 Å².